The van der Waals surface area contributed by atoms with Crippen LogP contribution in [0.25, 0.3) is 0 Å². The monoisotopic (exact) mass is 331 g/mol. The summed E-state index contributed by atoms with van der Waals surface area (Å²) < 4.78 is -0.0458. The average molecular weight is 332 g/mol. The van der Waals surface area contributed by atoms with Crippen LogP contribution in [0.2, 0.25) is 9.36 Å². The SMILES string of the molecule is Nc1ccc(NC(=O)c2cc([N+](=O)[O-])c(Cl)s2)cc1Cl. The molecule has 20 heavy (non-hydrogen) atoms. The van der Waals surface area contributed by atoms with Crippen molar-refractivity contribution in [2.45, 2.75) is 0 Å². The van der Waals surface area contributed by atoms with Gasteiger partial charge in [0.25, 0.3) is 11.6 Å². The summed E-state index contributed by atoms with van der Waals surface area (Å²) in [7, 11) is 0. The first-order valence-electron chi connectivity index (χ1n) is 5.18. The molecule has 0 atom stereocenters. The second kappa shape index (κ2) is 5.66. The molecule has 0 aliphatic carbocycles. The molecule has 3 N–H and O–H groups in total. The number of anilines is 2. The van der Waals surface area contributed by atoms with E-state index in [1.165, 1.54) is 6.07 Å². The first-order valence-corrected chi connectivity index (χ1v) is 6.76. The Morgan fingerprint density at radius 1 is 1.35 bits per heavy atom. The molecule has 0 saturated heterocycles. The van der Waals surface area contributed by atoms with Gasteiger partial charge >= 0.3 is 0 Å². The number of nitrogen functional groups attached to an aromatic ring is 1. The second-order valence-corrected chi connectivity index (χ2v) is 5.78. The number of benzene rings is 1. The van der Waals surface area contributed by atoms with Crippen LogP contribution in [0.4, 0.5) is 17.1 Å². The fourth-order valence-corrected chi connectivity index (χ4v) is 2.69. The van der Waals surface area contributed by atoms with Crippen LogP contribution in [0.5, 0.6) is 0 Å². The van der Waals surface area contributed by atoms with E-state index in [4.69, 9.17) is 28.9 Å². The lowest BCUT2D eigenvalue weighted by Gasteiger charge is -2.05. The smallest absolute Gasteiger partial charge is 0.299 e. The average Bonchev–Trinajstić information content (AvgIpc) is 2.76. The molecule has 0 aliphatic rings. The fourth-order valence-electron chi connectivity index (χ4n) is 1.39. The summed E-state index contributed by atoms with van der Waals surface area (Å²) in [6, 6.07) is 5.73. The highest BCUT2D eigenvalue weighted by atomic mass is 35.5. The molecule has 1 heterocycles. The summed E-state index contributed by atoms with van der Waals surface area (Å²) in [5.74, 6) is -0.508. The van der Waals surface area contributed by atoms with Crippen LogP contribution >= 0.6 is 34.5 Å². The van der Waals surface area contributed by atoms with Gasteiger partial charge in [0.15, 0.2) is 4.34 Å². The van der Waals surface area contributed by atoms with E-state index in [1.807, 2.05) is 0 Å². The molecular formula is C11H7Cl2N3O3S. The molecule has 0 unspecified atom stereocenters. The Morgan fingerprint density at radius 3 is 2.60 bits per heavy atom. The second-order valence-electron chi connectivity index (χ2n) is 3.72. The van der Waals surface area contributed by atoms with E-state index in [0.717, 1.165) is 17.4 Å². The van der Waals surface area contributed by atoms with Gasteiger partial charge in [0.1, 0.15) is 4.88 Å². The van der Waals surface area contributed by atoms with Gasteiger partial charge < -0.3 is 11.1 Å². The standard InChI is InChI=1S/C11H7Cl2N3O3S/c12-6-3-5(1-2-7(6)14)15-11(17)9-4-8(16(18)19)10(13)20-9/h1-4H,14H2,(H,15,17). The Kier molecular flexibility index (Phi) is 4.12. The Hall–Kier alpha value is -1.83. The van der Waals surface area contributed by atoms with Crippen molar-refractivity contribution in [3.05, 3.63) is 48.6 Å². The van der Waals surface area contributed by atoms with E-state index < -0.39 is 10.8 Å². The minimum Gasteiger partial charge on any atom is -0.398 e. The lowest BCUT2D eigenvalue weighted by Crippen LogP contribution is -2.10. The summed E-state index contributed by atoms with van der Waals surface area (Å²) in [5.41, 5.74) is 6.08. The van der Waals surface area contributed by atoms with Gasteiger partial charge in [-0.05, 0) is 18.2 Å². The summed E-state index contributed by atoms with van der Waals surface area (Å²) in [4.78, 5) is 22.1. The highest BCUT2D eigenvalue weighted by Gasteiger charge is 2.21. The molecule has 0 spiro atoms. The van der Waals surface area contributed by atoms with Crippen LogP contribution < -0.4 is 11.1 Å². The molecular weight excluding hydrogens is 325 g/mol. The Balaban J connectivity index is 2.21. The van der Waals surface area contributed by atoms with Crippen molar-refractivity contribution in [2.75, 3.05) is 11.1 Å². The molecule has 0 fully saturated rings. The normalized spacial score (nSPS) is 10.3. The molecule has 0 aliphatic heterocycles. The Bertz CT molecular complexity index is 702. The van der Waals surface area contributed by atoms with Crippen LogP contribution in [-0.2, 0) is 0 Å². The first kappa shape index (κ1) is 14.6. The van der Waals surface area contributed by atoms with Crippen molar-refractivity contribution < 1.29 is 9.72 Å². The quantitative estimate of drug-likeness (QED) is 0.507. The van der Waals surface area contributed by atoms with Gasteiger partial charge in [-0.15, -0.1) is 11.3 Å². The maximum atomic E-state index is 11.9. The summed E-state index contributed by atoms with van der Waals surface area (Å²) in [6.45, 7) is 0. The fraction of sp³-hybridized carbons (Fsp3) is 0. The molecule has 1 aromatic carbocycles. The van der Waals surface area contributed by atoms with Crippen molar-refractivity contribution in [2.24, 2.45) is 0 Å². The largest absolute Gasteiger partial charge is 0.398 e. The minimum absolute atomic E-state index is 0.0458. The van der Waals surface area contributed by atoms with Crippen molar-refractivity contribution in [1.82, 2.24) is 0 Å². The zero-order valence-corrected chi connectivity index (χ0v) is 12.1. The third kappa shape index (κ3) is 3.01. The number of thiophene rings is 1. The molecule has 1 amide bonds. The summed E-state index contributed by atoms with van der Waals surface area (Å²) in [6.07, 6.45) is 0. The van der Waals surface area contributed by atoms with Crippen LogP contribution in [-0.4, -0.2) is 10.8 Å². The number of amides is 1. The predicted molar refractivity (Wildman–Crippen MR) is 79.8 cm³/mol. The lowest BCUT2D eigenvalue weighted by atomic mass is 10.3. The zero-order chi connectivity index (χ0) is 14.9. The number of carbonyl (C=O) groups is 1. The maximum absolute atomic E-state index is 11.9. The van der Waals surface area contributed by atoms with Gasteiger partial charge in [-0.25, -0.2) is 0 Å². The number of nitrogens with zero attached hydrogens (tertiary/aromatic N) is 1. The number of halogens is 2. The van der Waals surface area contributed by atoms with E-state index in [0.29, 0.717) is 16.4 Å². The molecule has 2 rings (SSSR count). The number of nitro groups is 1. The highest BCUT2D eigenvalue weighted by molar-refractivity contribution is 7.18. The number of hydrogen-bond donors (Lipinski definition) is 2. The lowest BCUT2D eigenvalue weighted by molar-refractivity contribution is -0.384. The third-order valence-corrected chi connectivity index (χ3v) is 4.01. The van der Waals surface area contributed by atoms with Crippen LogP contribution in [0, 0.1) is 10.1 Å². The van der Waals surface area contributed by atoms with E-state index in [1.54, 1.807) is 12.1 Å². The van der Waals surface area contributed by atoms with E-state index in [9.17, 15) is 14.9 Å². The van der Waals surface area contributed by atoms with E-state index in [-0.39, 0.29) is 14.9 Å². The summed E-state index contributed by atoms with van der Waals surface area (Å²) >= 11 is 12.4. The number of nitrogens with one attached hydrogen (secondary N) is 1. The number of nitrogens with two attached hydrogens (primary N) is 1. The molecule has 0 saturated carbocycles. The third-order valence-electron chi connectivity index (χ3n) is 2.35. The highest BCUT2D eigenvalue weighted by Crippen LogP contribution is 2.34. The van der Waals surface area contributed by atoms with Crippen molar-refractivity contribution >= 4 is 57.5 Å². The minimum atomic E-state index is -0.643. The number of rotatable bonds is 3. The topological polar surface area (TPSA) is 98.3 Å². The van der Waals surface area contributed by atoms with Crippen LogP contribution in [0.3, 0.4) is 0 Å². The van der Waals surface area contributed by atoms with Crippen molar-refractivity contribution in [3.63, 3.8) is 0 Å². The van der Waals surface area contributed by atoms with Crippen LogP contribution in [0.15, 0.2) is 24.3 Å². The number of carbonyl (C=O) groups excluding carboxylic acids is 1. The maximum Gasteiger partial charge on any atom is 0.299 e. The van der Waals surface area contributed by atoms with E-state index >= 15 is 0 Å². The molecule has 2 aromatic rings. The Morgan fingerprint density at radius 2 is 2.05 bits per heavy atom. The summed E-state index contributed by atoms with van der Waals surface area (Å²) in [5, 5.41) is 13.5. The van der Waals surface area contributed by atoms with E-state index in [2.05, 4.69) is 5.32 Å². The molecule has 104 valence electrons. The predicted octanol–water partition coefficient (Wildman–Crippen LogP) is 3.80. The zero-order valence-electron chi connectivity index (χ0n) is 9.72. The van der Waals surface area contributed by atoms with Gasteiger partial charge in [-0.3, -0.25) is 14.9 Å². The molecule has 0 bridgehead atoms. The molecule has 0 radical (unpaired) electrons. The molecule has 9 heteroatoms. The van der Waals surface area contributed by atoms with Gasteiger partial charge in [0, 0.05) is 11.8 Å². The molecule has 1 aromatic heterocycles. The van der Waals surface area contributed by atoms with Gasteiger partial charge in [0.2, 0.25) is 0 Å². The van der Waals surface area contributed by atoms with Gasteiger partial charge in [0.05, 0.1) is 15.6 Å². The number of hydrogen-bond acceptors (Lipinski definition) is 5. The van der Waals surface area contributed by atoms with Crippen molar-refractivity contribution in [3.8, 4) is 0 Å². The molecule has 6 nitrogen and oxygen atoms in total. The first-order chi connectivity index (χ1) is 9.38. The Labute approximate surface area is 127 Å². The van der Waals surface area contributed by atoms with Crippen LogP contribution in [0.1, 0.15) is 9.67 Å². The van der Waals surface area contributed by atoms with Gasteiger partial charge in [-0.2, -0.15) is 0 Å². The van der Waals surface area contributed by atoms with Crippen molar-refractivity contribution in [1.29, 1.82) is 0 Å². The van der Waals surface area contributed by atoms with Gasteiger partial charge in [-0.1, -0.05) is 23.2 Å².